The molecule has 1 fully saturated rings. The zero-order chi connectivity index (χ0) is 15.4. The lowest BCUT2D eigenvalue weighted by Crippen LogP contribution is -2.44. The summed E-state index contributed by atoms with van der Waals surface area (Å²) in [5.74, 6) is 0.0709. The van der Waals surface area contributed by atoms with Crippen molar-refractivity contribution < 1.29 is 9.90 Å². The SMILES string of the molecule is O=C(c1ncn(-c2ccccc2)n1)N1CCCCC1CCO. The second-order valence-corrected chi connectivity index (χ2v) is 5.51. The Kier molecular flexibility index (Phi) is 4.48. The molecule has 3 rings (SSSR count). The molecule has 1 saturated heterocycles. The molecule has 1 aromatic carbocycles. The number of aromatic nitrogens is 3. The van der Waals surface area contributed by atoms with Gasteiger partial charge in [-0.2, -0.15) is 0 Å². The molecule has 0 radical (unpaired) electrons. The van der Waals surface area contributed by atoms with Crippen molar-refractivity contribution in [2.75, 3.05) is 13.2 Å². The van der Waals surface area contributed by atoms with Crippen LogP contribution in [0.25, 0.3) is 5.69 Å². The predicted octanol–water partition coefficient (Wildman–Crippen LogP) is 1.64. The molecule has 1 aliphatic rings. The van der Waals surface area contributed by atoms with Gasteiger partial charge in [0.05, 0.1) is 5.69 Å². The summed E-state index contributed by atoms with van der Waals surface area (Å²) in [5.41, 5.74) is 0.875. The Hall–Kier alpha value is -2.21. The number of benzene rings is 1. The van der Waals surface area contributed by atoms with E-state index in [4.69, 9.17) is 5.11 Å². The molecular formula is C16H20N4O2. The standard InChI is InChI=1S/C16H20N4O2/c21-11-9-13-6-4-5-10-19(13)16(22)15-17-12-20(18-15)14-7-2-1-3-8-14/h1-3,7-8,12-13,21H,4-6,9-11H2. The van der Waals surface area contributed by atoms with Gasteiger partial charge in [-0.15, -0.1) is 5.10 Å². The molecule has 116 valence electrons. The molecule has 1 aromatic heterocycles. The van der Waals surface area contributed by atoms with Gasteiger partial charge < -0.3 is 10.0 Å². The Morgan fingerprint density at radius 1 is 1.27 bits per heavy atom. The van der Waals surface area contributed by atoms with Crippen molar-refractivity contribution in [3.63, 3.8) is 0 Å². The van der Waals surface area contributed by atoms with Crippen LogP contribution in [0.3, 0.4) is 0 Å². The van der Waals surface area contributed by atoms with E-state index in [2.05, 4.69) is 10.1 Å². The second kappa shape index (κ2) is 6.70. The van der Waals surface area contributed by atoms with E-state index in [-0.39, 0.29) is 24.4 Å². The number of hydrogen-bond acceptors (Lipinski definition) is 4. The quantitative estimate of drug-likeness (QED) is 0.932. The van der Waals surface area contributed by atoms with E-state index in [0.717, 1.165) is 24.9 Å². The fourth-order valence-corrected chi connectivity index (χ4v) is 2.91. The van der Waals surface area contributed by atoms with Gasteiger partial charge in [-0.05, 0) is 37.8 Å². The molecule has 0 saturated carbocycles. The van der Waals surface area contributed by atoms with E-state index in [9.17, 15) is 4.79 Å². The highest BCUT2D eigenvalue weighted by molar-refractivity contribution is 5.90. The minimum absolute atomic E-state index is 0.0925. The Bertz CT molecular complexity index is 624. The van der Waals surface area contributed by atoms with Crippen LogP contribution in [0.15, 0.2) is 36.7 Å². The molecule has 1 unspecified atom stereocenters. The van der Waals surface area contributed by atoms with Crippen molar-refractivity contribution in [1.29, 1.82) is 0 Å². The topological polar surface area (TPSA) is 71.2 Å². The molecule has 1 atom stereocenters. The van der Waals surface area contributed by atoms with Crippen LogP contribution in [-0.4, -0.2) is 49.9 Å². The fraction of sp³-hybridized carbons (Fsp3) is 0.438. The molecule has 2 heterocycles. The van der Waals surface area contributed by atoms with Gasteiger partial charge in [0.2, 0.25) is 5.82 Å². The number of piperidine rings is 1. The number of para-hydroxylation sites is 1. The maximum Gasteiger partial charge on any atom is 0.293 e. The minimum Gasteiger partial charge on any atom is -0.396 e. The summed E-state index contributed by atoms with van der Waals surface area (Å²) in [6.07, 6.45) is 5.21. The molecule has 0 bridgehead atoms. The van der Waals surface area contributed by atoms with Crippen molar-refractivity contribution in [3.8, 4) is 5.69 Å². The molecule has 0 aliphatic carbocycles. The number of hydrogen-bond donors (Lipinski definition) is 1. The molecular weight excluding hydrogens is 280 g/mol. The van der Waals surface area contributed by atoms with Crippen LogP contribution in [0.4, 0.5) is 0 Å². The zero-order valence-electron chi connectivity index (χ0n) is 12.4. The number of carbonyl (C=O) groups is 1. The van der Waals surface area contributed by atoms with Gasteiger partial charge in [-0.1, -0.05) is 18.2 Å². The van der Waals surface area contributed by atoms with Crippen LogP contribution in [0, 0.1) is 0 Å². The van der Waals surface area contributed by atoms with Gasteiger partial charge in [-0.3, -0.25) is 4.79 Å². The number of likely N-dealkylation sites (tertiary alicyclic amines) is 1. The van der Waals surface area contributed by atoms with Crippen molar-refractivity contribution in [1.82, 2.24) is 19.7 Å². The summed E-state index contributed by atoms with van der Waals surface area (Å²) in [6, 6.07) is 9.69. The molecule has 0 spiro atoms. The number of aliphatic hydroxyl groups excluding tert-OH is 1. The van der Waals surface area contributed by atoms with Crippen LogP contribution < -0.4 is 0 Å². The normalized spacial score (nSPS) is 18.4. The summed E-state index contributed by atoms with van der Waals surface area (Å²) in [7, 11) is 0. The molecule has 6 heteroatoms. The first kappa shape index (κ1) is 14.7. The summed E-state index contributed by atoms with van der Waals surface area (Å²) in [5, 5.41) is 13.5. The van der Waals surface area contributed by atoms with Crippen molar-refractivity contribution in [2.45, 2.75) is 31.7 Å². The first-order valence-corrected chi connectivity index (χ1v) is 7.68. The third-order valence-corrected chi connectivity index (χ3v) is 4.05. The maximum atomic E-state index is 12.6. The van der Waals surface area contributed by atoms with Gasteiger partial charge in [0.15, 0.2) is 0 Å². The van der Waals surface area contributed by atoms with Crippen LogP contribution in [0.5, 0.6) is 0 Å². The molecule has 1 aliphatic heterocycles. The van der Waals surface area contributed by atoms with E-state index < -0.39 is 0 Å². The maximum absolute atomic E-state index is 12.6. The summed E-state index contributed by atoms with van der Waals surface area (Å²) >= 11 is 0. The van der Waals surface area contributed by atoms with Crippen LogP contribution in [0.1, 0.15) is 36.3 Å². The first-order valence-electron chi connectivity index (χ1n) is 7.68. The van der Waals surface area contributed by atoms with Gasteiger partial charge >= 0.3 is 0 Å². The second-order valence-electron chi connectivity index (χ2n) is 5.51. The number of amides is 1. The van der Waals surface area contributed by atoms with E-state index >= 15 is 0 Å². The lowest BCUT2D eigenvalue weighted by atomic mass is 9.99. The highest BCUT2D eigenvalue weighted by atomic mass is 16.3. The summed E-state index contributed by atoms with van der Waals surface area (Å²) < 4.78 is 1.61. The van der Waals surface area contributed by atoms with Gasteiger partial charge in [-0.25, -0.2) is 9.67 Å². The van der Waals surface area contributed by atoms with E-state index in [0.29, 0.717) is 13.0 Å². The van der Waals surface area contributed by atoms with Crippen molar-refractivity contribution in [2.24, 2.45) is 0 Å². The number of aliphatic hydroxyl groups is 1. The number of carbonyl (C=O) groups excluding carboxylic acids is 1. The van der Waals surface area contributed by atoms with Crippen LogP contribution in [-0.2, 0) is 0 Å². The summed E-state index contributed by atoms with van der Waals surface area (Å²) in [4.78, 5) is 18.6. The van der Waals surface area contributed by atoms with E-state index in [1.54, 1.807) is 11.0 Å². The number of nitrogens with zero attached hydrogens (tertiary/aromatic N) is 4. The molecule has 2 aromatic rings. The van der Waals surface area contributed by atoms with Crippen LogP contribution >= 0.6 is 0 Å². The monoisotopic (exact) mass is 300 g/mol. The molecule has 1 amide bonds. The average Bonchev–Trinajstić information content (AvgIpc) is 3.06. The Morgan fingerprint density at radius 3 is 2.86 bits per heavy atom. The summed E-state index contributed by atoms with van der Waals surface area (Å²) in [6.45, 7) is 0.809. The molecule has 1 N–H and O–H groups in total. The molecule has 6 nitrogen and oxygen atoms in total. The smallest absolute Gasteiger partial charge is 0.293 e. The lowest BCUT2D eigenvalue weighted by molar-refractivity contribution is 0.0562. The first-order chi connectivity index (χ1) is 10.8. The zero-order valence-corrected chi connectivity index (χ0v) is 12.4. The minimum atomic E-state index is -0.146. The van der Waals surface area contributed by atoms with Gasteiger partial charge in [0.25, 0.3) is 5.91 Å². The highest BCUT2D eigenvalue weighted by Gasteiger charge is 2.29. The Balaban J connectivity index is 1.78. The van der Waals surface area contributed by atoms with Gasteiger partial charge in [0.1, 0.15) is 6.33 Å². The van der Waals surface area contributed by atoms with Crippen molar-refractivity contribution in [3.05, 3.63) is 42.5 Å². The van der Waals surface area contributed by atoms with Crippen LogP contribution in [0.2, 0.25) is 0 Å². The Morgan fingerprint density at radius 2 is 2.09 bits per heavy atom. The lowest BCUT2D eigenvalue weighted by Gasteiger charge is -2.34. The third kappa shape index (κ3) is 3.01. The predicted molar refractivity (Wildman–Crippen MR) is 81.7 cm³/mol. The van der Waals surface area contributed by atoms with Gasteiger partial charge in [0, 0.05) is 19.2 Å². The van der Waals surface area contributed by atoms with E-state index in [1.165, 1.54) is 0 Å². The molecule has 22 heavy (non-hydrogen) atoms. The van der Waals surface area contributed by atoms with E-state index in [1.807, 2.05) is 35.2 Å². The highest BCUT2D eigenvalue weighted by Crippen LogP contribution is 2.21. The average molecular weight is 300 g/mol. The number of rotatable bonds is 4. The van der Waals surface area contributed by atoms with Crippen molar-refractivity contribution >= 4 is 5.91 Å². The largest absolute Gasteiger partial charge is 0.396 e. The fourth-order valence-electron chi connectivity index (χ4n) is 2.91. The third-order valence-electron chi connectivity index (χ3n) is 4.05. The Labute approximate surface area is 129 Å².